The van der Waals surface area contributed by atoms with Crippen LogP contribution in [0.1, 0.15) is 42.5 Å². The molecule has 1 aromatic carbocycles. The van der Waals surface area contributed by atoms with Crippen molar-refractivity contribution in [3.8, 4) is 5.75 Å². The first-order chi connectivity index (χ1) is 10.6. The third-order valence-electron chi connectivity index (χ3n) is 3.60. The van der Waals surface area contributed by atoms with Crippen LogP contribution in [0.2, 0.25) is 0 Å². The van der Waals surface area contributed by atoms with Crippen LogP contribution in [-0.2, 0) is 4.74 Å². The van der Waals surface area contributed by atoms with Gasteiger partial charge in [0.15, 0.2) is 0 Å². The van der Waals surface area contributed by atoms with Crippen LogP contribution in [0.15, 0.2) is 24.3 Å². The topological polar surface area (TPSA) is 47.6 Å². The van der Waals surface area contributed by atoms with Crippen LogP contribution >= 0.6 is 0 Å². The van der Waals surface area contributed by atoms with Crippen molar-refractivity contribution in [1.82, 2.24) is 5.32 Å². The maximum atomic E-state index is 12.0. The zero-order valence-corrected chi connectivity index (χ0v) is 12.4. The van der Waals surface area contributed by atoms with Crippen molar-refractivity contribution in [2.24, 2.45) is 0 Å². The summed E-state index contributed by atoms with van der Waals surface area (Å²) in [5.41, 5.74) is 0.431. The van der Waals surface area contributed by atoms with Crippen LogP contribution in [0.25, 0.3) is 0 Å². The molecular weight excluding hydrogens is 292 g/mol. The zero-order chi connectivity index (χ0) is 15.8. The Bertz CT molecular complexity index is 459. The Morgan fingerprint density at radius 3 is 2.73 bits per heavy atom. The molecule has 122 valence electrons. The summed E-state index contributed by atoms with van der Waals surface area (Å²) in [7, 11) is 0. The quantitative estimate of drug-likeness (QED) is 0.749. The second kappa shape index (κ2) is 8.68. The summed E-state index contributed by atoms with van der Waals surface area (Å²) in [4.78, 5) is 11.9. The predicted molar refractivity (Wildman–Crippen MR) is 78.2 cm³/mol. The van der Waals surface area contributed by atoms with Crippen molar-refractivity contribution >= 4 is 5.91 Å². The lowest BCUT2D eigenvalue weighted by molar-refractivity contribution is -0.0498. The van der Waals surface area contributed by atoms with E-state index < -0.39 is 6.61 Å². The minimum Gasteiger partial charge on any atom is -0.435 e. The number of carbonyl (C=O) groups is 1. The van der Waals surface area contributed by atoms with Crippen LogP contribution in [0.5, 0.6) is 5.75 Å². The monoisotopic (exact) mass is 313 g/mol. The Hall–Kier alpha value is -1.69. The van der Waals surface area contributed by atoms with Crippen LogP contribution in [0, 0.1) is 0 Å². The van der Waals surface area contributed by atoms with E-state index in [9.17, 15) is 13.6 Å². The van der Waals surface area contributed by atoms with Crippen LogP contribution in [0.4, 0.5) is 8.78 Å². The highest BCUT2D eigenvalue weighted by molar-refractivity contribution is 5.94. The average molecular weight is 313 g/mol. The number of carbonyl (C=O) groups excluding carboxylic acids is 1. The molecule has 22 heavy (non-hydrogen) atoms. The predicted octanol–water partition coefficient (Wildman–Crippen LogP) is 3.37. The van der Waals surface area contributed by atoms with Gasteiger partial charge in [-0.3, -0.25) is 4.79 Å². The van der Waals surface area contributed by atoms with Gasteiger partial charge in [-0.15, -0.1) is 0 Å². The number of ether oxygens (including phenoxy) is 2. The second-order valence-corrected chi connectivity index (χ2v) is 5.29. The smallest absolute Gasteiger partial charge is 0.387 e. The number of halogens is 2. The van der Waals surface area contributed by atoms with Crippen LogP contribution in [0.3, 0.4) is 0 Å². The number of benzene rings is 1. The van der Waals surface area contributed by atoms with Crippen molar-refractivity contribution in [2.75, 3.05) is 13.2 Å². The molecule has 0 spiro atoms. The minimum atomic E-state index is -2.86. The fourth-order valence-electron chi connectivity index (χ4n) is 2.46. The molecule has 0 radical (unpaired) electrons. The fourth-order valence-corrected chi connectivity index (χ4v) is 2.46. The van der Waals surface area contributed by atoms with Crippen molar-refractivity contribution in [2.45, 2.75) is 44.8 Å². The van der Waals surface area contributed by atoms with Gasteiger partial charge in [-0.1, -0.05) is 0 Å². The largest absolute Gasteiger partial charge is 0.435 e. The second-order valence-electron chi connectivity index (χ2n) is 5.29. The number of alkyl halides is 2. The molecule has 0 aliphatic carbocycles. The summed E-state index contributed by atoms with van der Waals surface area (Å²) in [6, 6.07) is 5.66. The van der Waals surface area contributed by atoms with Gasteiger partial charge in [-0.25, -0.2) is 0 Å². The van der Waals surface area contributed by atoms with E-state index in [1.807, 2.05) is 0 Å². The van der Waals surface area contributed by atoms with Gasteiger partial charge in [0.2, 0.25) is 0 Å². The van der Waals surface area contributed by atoms with Gasteiger partial charge >= 0.3 is 6.61 Å². The number of hydrogen-bond donors (Lipinski definition) is 1. The van der Waals surface area contributed by atoms with E-state index >= 15 is 0 Å². The van der Waals surface area contributed by atoms with Crippen LogP contribution in [-0.4, -0.2) is 31.8 Å². The highest BCUT2D eigenvalue weighted by atomic mass is 19.3. The van der Waals surface area contributed by atoms with Gasteiger partial charge in [0.25, 0.3) is 5.91 Å². The average Bonchev–Trinajstić information content (AvgIpc) is 3.00. The first-order valence-corrected chi connectivity index (χ1v) is 7.60. The molecule has 0 aromatic heterocycles. The summed E-state index contributed by atoms with van der Waals surface area (Å²) in [5.74, 6) is -0.163. The van der Waals surface area contributed by atoms with E-state index in [-0.39, 0.29) is 11.7 Å². The molecule has 4 nitrogen and oxygen atoms in total. The molecule has 0 unspecified atom stereocenters. The van der Waals surface area contributed by atoms with E-state index in [0.717, 1.165) is 38.7 Å². The Morgan fingerprint density at radius 1 is 1.32 bits per heavy atom. The third kappa shape index (κ3) is 5.60. The maximum Gasteiger partial charge on any atom is 0.387 e. The highest BCUT2D eigenvalue weighted by Crippen LogP contribution is 2.17. The van der Waals surface area contributed by atoms with Crippen molar-refractivity contribution in [3.63, 3.8) is 0 Å². The molecular formula is C16H21F2NO3. The fraction of sp³-hybridized carbons (Fsp3) is 0.562. The first-order valence-electron chi connectivity index (χ1n) is 7.60. The molecule has 1 heterocycles. The number of unbranched alkanes of at least 4 members (excludes halogenated alkanes) is 1. The Balaban J connectivity index is 1.63. The third-order valence-corrected chi connectivity index (χ3v) is 3.60. The molecule has 0 bridgehead atoms. The summed E-state index contributed by atoms with van der Waals surface area (Å²) in [6.07, 6.45) is 5.63. The Labute approximate surface area is 128 Å². The van der Waals surface area contributed by atoms with Crippen molar-refractivity contribution in [1.29, 1.82) is 0 Å². The number of hydrogen-bond acceptors (Lipinski definition) is 3. The van der Waals surface area contributed by atoms with Gasteiger partial charge in [-0.05, 0) is 56.4 Å². The molecule has 1 aliphatic heterocycles. The zero-order valence-electron chi connectivity index (χ0n) is 12.4. The minimum absolute atomic E-state index is 0.0445. The molecule has 1 atom stereocenters. The van der Waals surface area contributed by atoms with Gasteiger partial charge in [0.05, 0.1) is 6.10 Å². The lowest BCUT2D eigenvalue weighted by Gasteiger charge is -2.09. The number of rotatable bonds is 8. The molecule has 2 rings (SSSR count). The van der Waals surface area contributed by atoms with E-state index in [4.69, 9.17) is 4.74 Å². The van der Waals surface area contributed by atoms with E-state index in [0.29, 0.717) is 18.2 Å². The standard InChI is InChI=1S/C16H21F2NO3/c17-16(18)22-14-8-6-12(7-9-14)15(20)19-10-2-1-4-13-5-3-11-21-13/h6-9,13,16H,1-5,10-11H2,(H,19,20)/t13-/m1/s1. The Morgan fingerprint density at radius 2 is 2.09 bits per heavy atom. The summed E-state index contributed by atoms with van der Waals surface area (Å²) in [5, 5.41) is 2.82. The molecule has 1 fully saturated rings. The van der Waals surface area contributed by atoms with Crippen LogP contribution < -0.4 is 10.1 Å². The molecule has 1 amide bonds. The van der Waals surface area contributed by atoms with Crippen molar-refractivity contribution in [3.05, 3.63) is 29.8 Å². The van der Waals surface area contributed by atoms with E-state index in [1.54, 1.807) is 0 Å². The van der Waals surface area contributed by atoms with Crippen molar-refractivity contribution < 1.29 is 23.0 Å². The van der Waals surface area contributed by atoms with Gasteiger partial charge in [-0.2, -0.15) is 8.78 Å². The molecule has 1 N–H and O–H groups in total. The molecule has 0 saturated carbocycles. The molecule has 6 heteroatoms. The summed E-state index contributed by atoms with van der Waals surface area (Å²) < 4.78 is 33.8. The van der Waals surface area contributed by atoms with Gasteiger partial charge < -0.3 is 14.8 Å². The van der Waals surface area contributed by atoms with E-state index in [1.165, 1.54) is 24.3 Å². The Kier molecular flexibility index (Phi) is 6.58. The highest BCUT2D eigenvalue weighted by Gasteiger charge is 2.14. The van der Waals surface area contributed by atoms with E-state index in [2.05, 4.69) is 10.1 Å². The van der Waals surface area contributed by atoms with Gasteiger partial charge in [0.1, 0.15) is 5.75 Å². The number of amides is 1. The summed E-state index contributed by atoms with van der Waals surface area (Å²) in [6.45, 7) is -1.39. The lowest BCUT2D eigenvalue weighted by Crippen LogP contribution is -2.24. The summed E-state index contributed by atoms with van der Waals surface area (Å²) >= 11 is 0. The normalized spacial score (nSPS) is 17.7. The van der Waals surface area contributed by atoms with Gasteiger partial charge in [0, 0.05) is 18.7 Å². The molecule has 1 aliphatic rings. The molecule has 1 aromatic rings. The lowest BCUT2D eigenvalue weighted by atomic mass is 10.1. The number of nitrogens with one attached hydrogen (secondary N) is 1. The molecule has 1 saturated heterocycles. The first kappa shape index (κ1) is 16.7. The maximum absolute atomic E-state index is 12.0. The SMILES string of the molecule is O=C(NCCCC[C@@H]1CCCO1)c1ccc(OC(F)F)cc1.